The van der Waals surface area contributed by atoms with Gasteiger partial charge >= 0.3 is 6.03 Å². The first-order valence-electron chi connectivity index (χ1n) is 11.7. The number of benzene rings is 2. The van der Waals surface area contributed by atoms with Crippen molar-refractivity contribution in [1.82, 2.24) is 24.5 Å². The van der Waals surface area contributed by atoms with Gasteiger partial charge in [0.25, 0.3) is 0 Å². The average molecular weight is 512 g/mol. The monoisotopic (exact) mass is 511 g/mol. The summed E-state index contributed by atoms with van der Waals surface area (Å²) in [6.45, 7) is 9.76. The zero-order valence-corrected chi connectivity index (χ0v) is 22.0. The number of nitrogens with one attached hydrogen (secondary N) is 1. The van der Waals surface area contributed by atoms with Gasteiger partial charge < -0.3 is 15.0 Å². The number of thiazole rings is 1. The summed E-state index contributed by atoms with van der Waals surface area (Å²) >= 11 is 7.91. The van der Waals surface area contributed by atoms with E-state index in [-0.39, 0.29) is 11.6 Å². The highest BCUT2D eigenvalue weighted by Crippen LogP contribution is 2.35. The maximum absolute atomic E-state index is 12.6. The van der Waals surface area contributed by atoms with E-state index in [9.17, 15) is 4.79 Å². The first-order chi connectivity index (χ1) is 16.7. The minimum Gasteiger partial charge on any atom is -0.497 e. The molecule has 2 aromatic carbocycles. The quantitative estimate of drug-likeness (QED) is 0.393. The van der Waals surface area contributed by atoms with E-state index in [0.29, 0.717) is 13.1 Å². The number of aromatic nitrogens is 2. The lowest BCUT2D eigenvalue weighted by Crippen LogP contribution is -2.54. The molecule has 4 aromatic rings. The number of piperazine rings is 1. The van der Waals surface area contributed by atoms with E-state index < -0.39 is 0 Å². The van der Waals surface area contributed by atoms with Crippen molar-refractivity contribution in [3.05, 3.63) is 53.2 Å². The zero-order valence-electron chi connectivity index (χ0n) is 20.5. The standard InChI is InChI=1S/C26H30ClN5O2S/c1-26(2,3)29-24(33)31-13-11-30(12-14-31)16-21-23(17-5-8-19(34-4)9-6-17)28-25-32(21)20-10-7-18(27)15-22(20)35-25/h5-10,15H,11-14,16H2,1-4H3,(H,29,33). The second-order valence-corrected chi connectivity index (χ2v) is 11.4. The van der Waals surface area contributed by atoms with E-state index in [1.165, 1.54) is 0 Å². The minimum atomic E-state index is -0.242. The van der Waals surface area contributed by atoms with Crippen molar-refractivity contribution in [3.8, 4) is 17.0 Å². The Hall–Kier alpha value is -2.81. The molecule has 0 bridgehead atoms. The maximum Gasteiger partial charge on any atom is 0.317 e. The van der Waals surface area contributed by atoms with Gasteiger partial charge in [0.2, 0.25) is 0 Å². The second-order valence-electron chi connectivity index (χ2n) is 9.91. The second kappa shape index (κ2) is 9.33. The molecule has 1 N–H and O–H groups in total. The summed E-state index contributed by atoms with van der Waals surface area (Å²) in [5, 5.41) is 3.79. The number of halogens is 1. The predicted molar refractivity (Wildman–Crippen MR) is 143 cm³/mol. The molecule has 0 saturated carbocycles. The van der Waals surface area contributed by atoms with Gasteiger partial charge in [0.1, 0.15) is 5.75 Å². The predicted octanol–water partition coefficient (Wildman–Crippen LogP) is 5.50. The number of ether oxygens (including phenoxy) is 1. The van der Waals surface area contributed by atoms with Crippen LogP contribution in [-0.4, -0.2) is 64.0 Å². The molecule has 0 atom stereocenters. The molecular formula is C26H30ClN5O2S. The van der Waals surface area contributed by atoms with Gasteiger partial charge in [-0.25, -0.2) is 9.78 Å². The Morgan fingerprint density at radius 3 is 2.49 bits per heavy atom. The van der Waals surface area contributed by atoms with Crippen LogP contribution in [0.3, 0.4) is 0 Å². The van der Waals surface area contributed by atoms with Crippen LogP contribution in [0.5, 0.6) is 5.75 Å². The number of imidazole rings is 1. The molecule has 0 unspecified atom stereocenters. The number of nitrogens with zero attached hydrogens (tertiary/aromatic N) is 4. The molecule has 3 heterocycles. The van der Waals surface area contributed by atoms with E-state index in [4.69, 9.17) is 21.3 Å². The van der Waals surface area contributed by atoms with Crippen LogP contribution in [0.4, 0.5) is 4.79 Å². The van der Waals surface area contributed by atoms with Crippen LogP contribution in [0.25, 0.3) is 26.4 Å². The molecule has 0 radical (unpaired) electrons. The molecule has 1 aliphatic rings. The molecule has 9 heteroatoms. The third kappa shape index (κ3) is 4.96. The highest BCUT2D eigenvalue weighted by Gasteiger charge is 2.26. The first kappa shape index (κ1) is 23.9. The van der Waals surface area contributed by atoms with Gasteiger partial charge in [0.15, 0.2) is 4.96 Å². The summed E-state index contributed by atoms with van der Waals surface area (Å²) in [5.41, 5.74) is 4.05. The van der Waals surface area contributed by atoms with Gasteiger partial charge in [-0.05, 0) is 63.2 Å². The Balaban J connectivity index is 1.46. The lowest BCUT2D eigenvalue weighted by Gasteiger charge is -2.36. The van der Waals surface area contributed by atoms with Gasteiger partial charge in [0, 0.05) is 48.8 Å². The van der Waals surface area contributed by atoms with Crippen LogP contribution in [0.15, 0.2) is 42.5 Å². The average Bonchev–Trinajstić information content (AvgIpc) is 3.34. The Kier molecular flexibility index (Phi) is 6.38. The van der Waals surface area contributed by atoms with E-state index in [1.54, 1.807) is 18.4 Å². The summed E-state index contributed by atoms with van der Waals surface area (Å²) in [5.74, 6) is 0.820. The number of amides is 2. The highest BCUT2D eigenvalue weighted by molar-refractivity contribution is 7.23. The van der Waals surface area contributed by atoms with Crippen molar-refractivity contribution in [1.29, 1.82) is 0 Å². The van der Waals surface area contributed by atoms with E-state index in [0.717, 1.165) is 62.5 Å². The summed E-state index contributed by atoms with van der Waals surface area (Å²) in [6, 6.07) is 14.1. The maximum atomic E-state index is 12.6. The molecule has 2 amide bonds. The van der Waals surface area contributed by atoms with Crippen molar-refractivity contribution >= 4 is 44.1 Å². The van der Waals surface area contributed by atoms with Crippen molar-refractivity contribution in [3.63, 3.8) is 0 Å². The fourth-order valence-electron chi connectivity index (χ4n) is 4.45. The van der Waals surface area contributed by atoms with Crippen LogP contribution in [0, 0.1) is 0 Å². The van der Waals surface area contributed by atoms with E-state index >= 15 is 0 Å². The summed E-state index contributed by atoms with van der Waals surface area (Å²) in [7, 11) is 1.67. The smallest absolute Gasteiger partial charge is 0.317 e. The molecule has 5 rings (SSSR count). The lowest BCUT2D eigenvalue weighted by atomic mass is 10.1. The van der Waals surface area contributed by atoms with Crippen molar-refractivity contribution in [2.45, 2.75) is 32.9 Å². The molecule has 1 saturated heterocycles. The van der Waals surface area contributed by atoms with E-state index in [2.05, 4.69) is 32.8 Å². The third-order valence-corrected chi connectivity index (χ3v) is 7.42. The molecule has 1 aliphatic heterocycles. The van der Waals surface area contributed by atoms with Gasteiger partial charge in [-0.2, -0.15) is 0 Å². The van der Waals surface area contributed by atoms with Crippen LogP contribution in [0.2, 0.25) is 5.02 Å². The fraction of sp³-hybridized carbons (Fsp3) is 0.385. The van der Waals surface area contributed by atoms with Crippen LogP contribution < -0.4 is 10.1 Å². The summed E-state index contributed by atoms with van der Waals surface area (Å²) in [6.07, 6.45) is 0. The van der Waals surface area contributed by atoms with Crippen LogP contribution in [0.1, 0.15) is 26.5 Å². The Bertz CT molecular complexity index is 1360. The third-order valence-electron chi connectivity index (χ3n) is 6.18. The molecule has 184 valence electrons. The van der Waals surface area contributed by atoms with Crippen LogP contribution in [-0.2, 0) is 6.54 Å². The molecule has 1 fully saturated rings. The normalized spacial score (nSPS) is 15.2. The molecular weight excluding hydrogens is 482 g/mol. The number of hydrogen-bond donors (Lipinski definition) is 1. The minimum absolute atomic E-state index is 0.00326. The van der Waals surface area contributed by atoms with E-state index in [1.807, 2.05) is 49.9 Å². The fourth-order valence-corrected chi connectivity index (χ4v) is 5.77. The molecule has 0 spiro atoms. The number of urea groups is 1. The molecule has 0 aliphatic carbocycles. The van der Waals surface area contributed by atoms with Crippen LogP contribution >= 0.6 is 22.9 Å². The molecule has 2 aromatic heterocycles. The van der Waals surface area contributed by atoms with Crippen molar-refractivity contribution in [2.75, 3.05) is 33.3 Å². The summed E-state index contributed by atoms with van der Waals surface area (Å²) < 4.78 is 8.72. The van der Waals surface area contributed by atoms with Crippen molar-refractivity contribution in [2.24, 2.45) is 0 Å². The van der Waals surface area contributed by atoms with Gasteiger partial charge in [-0.1, -0.05) is 22.9 Å². The van der Waals surface area contributed by atoms with Gasteiger partial charge in [0.05, 0.1) is 28.7 Å². The number of rotatable bonds is 4. The number of carbonyl (C=O) groups excluding carboxylic acids is 1. The zero-order chi connectivity index (χ0) is 24.7. The van der Waals surface area contributed by atoms with Crippen molar-refractivity contribution < 1.29 is 9.53 Å². The largest absolute Gasteiger partial charge is 0.497 e. The van der Waals surface area contributed by atoms with Gasteiger partial charge in [-0.15, -0.1) is 0 Å². The highest BCUT2D eigenvalue weighted by atomic mass is 35.5. The molecule has 7 nitrogen and oxygen atoms in total. The Morgan fingerprint density at radius 1 is 1.11 bits per heavy atom. The number of hydrogen-bond acceptors (Lipinski definition) is 5. The number of carbonyl (C=O) groups is 1. The Morgan fingerprint density at radius 2 is 1.83 bits per heavy atom. The lowest BCUT2D eigenvalue weighted by molar-refractivity contribution is 0.130. The number of methoxy groups -OCH3 is 1. The summed E-state index contributed by atoms with van der Waals surface area (Å²) in [4.78, 5) is 22.9. The SMILES string of the molecule is COc1ccc(-c2nc3sc4cc(Cl)ccc4n3c2CN2CCN(C(=O)NC(C)(C)C)CC2)cc1. The number of fused-ring (bicyclic) bond motifs is 3. The first-order valence-corrected chi connectivity index (χ1v) is 12.9. The molecule has 35 heavy (non-hydrogen) atoms. The Labute approximate surface area is 214 Å². The van der Waals surface area contributed by atoms with Gasteiger partial charge in [-0.3, -0.25) is 9.30 Å². The topological polar surface area (TPSA) is 62.1 Å².